The van der Waals surface area contributed by atoms with Crippen molar-refractivity contribution >= 4 is 26.8 Å². The molecule has 1 N–H and O–H groups in total. The summed E-state index contributed by atoms with van der Waals surface area (Å²) in [5.41, 5.74) is 4.19. The average molecular weight is 321 g/mol. The molecule has 2 aromatic rings. The van der Waals surface area contributed by atoms with Crippen molar-refractivity contribution < 1.29 is 4.74 Å². The summed E-state index contributed by atoms with van der Waals surface area (Å²) in [6.45, 7) is 3.82. The molecule has 0 saturated carbocycles. The minimum absolute atomic E-state index is 0.201. The monoisotopic (exact) mass is 320 g/mol. The van der Waals surface area contributed by atoms with E-state index in [1.807, 2.05) is 0 Å². The Kier molecular flexibility index (Phi) is 2.90. The highest BCUT2D eigenvalue weighted by atomic mass is 79.9. The second kappa shape index (κ2) is 4.62. The Bertz CT molecular complexity index is 629. The highest BCUT2D eigenvalue weighted by Crippen LogP contribution is 2.35. The van der Waals surface area contributed by atoms with Crippen LogP contribution in [-0.2, 0) is 17.7 Å². The number of ether oxygens (including phenoxy) is 1. The molecule has 0 amide bonds. The first-order valence-electron chi connectivity index (χ1n) is 6.96. The first-order valence-corrected chi connectivity index (χ1v) is 7.76. The van der Waals surface area contributed by atoms with E-state index in [9.17, 15) is 0 Å². The third-order valence-electron chi connectivity index (χ3n) is 4.17. The van der Waals surface area contributed by atoms with Gasteiger partial charge in [0.1, 0.15) is 0 Å². The Morgan fingerprint density at radius 2 is 2.32 bits per heavy atom. The summed E-state index contributed by atoms with van der Waals surface area (Å²) in [6, 6.07) is 4.64. The van der Waals surface area contributed by atoms with Gasteiger partial charge in [0.25, 0.3) is 0 Å². The highest BCUT2D eigenvalue weighted by Gasteiger charge is 2.21. The van der Waals surface area contributed by atoms with Gasteiger partial charge < -0.3 is 14.6 Å². The normalized spacial score (nSPS) is 22.9. The molecule has 1 aromatic carbocycles. The van der Waals surface area contributed by atoms with Crippen LogP contribution in [0.1, 0.15) is 23.7 Å². The van der Waals surface area contributed by atoms with E-state index in [-0.39, 0.29) is 6.10 Å². The van der Waals surface area contributed by atoms with Crippen LogP contribution >= 0.6 is 15.9 Å². The molecule has 100 valence electrons. The molecule has 4 heteroatoms. The van der Waals surface area contributed by atoms with E-state index in [1.54, 1.807) is 0 Å². The molecule has 0 aliphatic carbocycles. The molecule has 1 unspecified atom stereocenters. The van der Waals surface area contributed by atoms with Crippen LogP contribution in [0.2, 0.25) is 0 Å². The van der Waals surface area contributed by atoms with Gasteiger partial charge in [0.05, 0.1) is 18.2 Å². The summed E-state index contributed by atoms with van der Waals surface area (Å²) in [7, 11) is 0. The highest BCUT2D eigenvalue weighted by molar-refractivity contribution is 9.10. The largest absolute Gasteiger partial charge is 0.371 e. The summed E-state index contributed by atoms with van der Waals surface area (Å²) in [6.07, 6.45) is 4.83. The van der Waals surface area contributed by atoms with Crippen molar-refractivity contribution in [3.8, 4) is 0 Å². The van der Waals surface area contributed by atoms with Crippen LogP contribution < -0.4 is 5.32 Å². The maximum absolute atomic E-state index is 5.89. The van der Waals surface area contributed by atoms with Crippen LogP contribution in [0.4, 0.5) is 0 Å². The summed E-state index contributed by atoms with van der Waals surface area (Å²) < 4.78 is 9.47. The van der Waals surface area contributed by atoms with Crippen LogP contribution in [0, 0.1) is 0 Å². The van der Waals surface area contributed by atoms with Gasteiger partial charge in [-0.3, -0.25) is 0 Å². The lowest BCUT2D eigenvalue weighted by atomic mass is 9.97. The predicted molar refractivity (Wildman–Crippen MR) is 79.5 cm³/mol. The van der Waals surface area contributed by atoms with Gasteiger partial charge in [-0.1, -0.05) is 6.07 Å². The van der Waals surface area contributed by atoms with Crippen molar-refractivity contribution in [1.29, 1.82) is 0 Å². The van der Waals surface area contributed by atoms with Crippen molar-refractivity contribution in [3.63, 3.8) is 0 Å². The van der Waals surface area contributed by atoms with Gasteiger partial charge in [-0.25, -0.2) is 0 Å². The van der Waals surface area contributed by atoms with E-state index < -0.39 is 0 Å². The zero-order valence-electron chi connectivity index (χ0n) is 10.8. The first kappa shape index (κ1) is 11.9. The number of halogens is 1. The van der Waals surface area contributed by atoms with E-state index >= 15 is 0 Å². The summed E-state index contributed by atoms with van der Waals surface area (Å²) in [5.74, 6) is 0. The summed E-state index contributed by atoms with van der Waals surface area (Å²) in [5, 5.41) is 4.75. The van der Waals surface area contributed by atoms with E-state index in [4.69, 9.17) is 4.74 Å². The topological polar surface area (TPSA) is 26.2 Å². The Morgan fingerprint density at radius 1 is 1.37 bits per heavy atom. The van der Waals surface area contributed by atoms with E-state index in [2.05, 4.69) is 44.1 Å². The Labute approximate surface area is 121 Å². The minimum atomic E-state index is 0.201. The molecule has 1 saturated heterocycles. The lowest BCUT2D eigenvalue weighted by Crippen LogP contribution is -2.33. The Morgan fingerprint density at radius 3 is 3.16 bits per heavy atom. The first-order chi connectivity index (χ1) is 9.33. The average Bonchev–Trinajstić information content (AvgIpc) is 2.78. The molecule has 0 spiro atoms. The molecule has 19 heavy (non-hydrogen) atoms. The fraction of sp³-hybridized carbons (Fsp3) is 0.467. The standard InChI is InChI=1S/C15H17BrN2O/c16-13-9-18-4-1-2-10-6-11(7-12(13)15(10)18)14-8-17-3-5-19-14/h6-7,9,14,17H,1-5,8H2. The van der Waals surface area contributed by atoms with Crippen molar-refractivity contribution in [2.45, 2.75) is 25.5 Å². The van der Waals surface area contributed by atoms with Crippen LogP contribution in [-0.4, -0.2) is 24.3 Å². The molecule has 3 nitrogen and oxygen atoms in total. The molecule has 1 atom stereocenters. The Balaban J connectivity index is 1.87. The van der Waals surface area contributed by atoms with Crippen molar-refractivity contribution in [2.24, 2.45) is 0 Å². The molecule has 0 bridgehead atoms. The van der Waals surface area contributed by atoms with Crippen molar-refractivity contribution in [2.75, 3.05) is 19.7 Å². The number of morpholine rings is 1. The molecular weight excluding hydrogens is 304 g/mol. The summed E-state index contributed by atoms with van der Waals surface area (Å²) in [4.78, 5) is 0. The van der Waals surface area contributed by atoms with E-state index in [0.717, 1.165) is 26.2 Å². The second-order valence-electron chi connectivity index (χ2n) is 5.41. The van der Waals surface area contributed by atoms with E-state index in [1.165, 1.54) is 39.3 Å². The number of hydrogen-bond acceptors (Lipinski definition) is 2. The van der Waals surface area contributed by atoms with Crippen LogP contribution in [0.25, 0.3) is 10.9 Å². The van der Waals surface area contributed by atoms with Gasteiger partial charge in [0.2, 0.25) is 0 Å². The fourth-order valence-electron chi connectivity index (χ4n) is 3.28. The number of rotatable bonds is 1. The number of nitrogens with one attached hydrogen (secondary N) is 1. The third kappa shape index (κ3) is 1.93. The number of benzene rings is 1. The van der Waals surface area contributed by atoms with E-state index in [0.29, 0.717) is 0 Å². The van der Waals surface area contributed by atoms with Gasteiger partial charge in [-0.2, -0.15) is 0 Å². The number of hydrogen-bond donors (Lipinski definition) is 1. The molecule has 0 radical (unpaired) electrons. The number of nitrogens with zero attached hydrogens (tertiary/aromatic N) is 1. The molecule has 3 heterocycles. The lowest BCUT2D eigenvalue weighted by molar-refractivity contribution is 0.0277. The minimum Gasteiger partial charge on any atom is -0.371 e. The van der Waals surface area contributed by atoms with Crippen molar-refractivity contribution in [1.82, 2.24) is 9.88 Å². The van der Waals surface area contributed by atoms with Crippen LogP contribution in [0.15, 0.2) is 22.8 Å². The third-order valence-corrected chi connectivity index (χ3v) is 4.80. The van der Waals surface area contributed by atoms with Gasteiger partial charge in [0.15, 0.2) is 0 Å². The number of aromatic nitrogens is 1. The fourth-order valence-corrected chi connectivity index (χ4v) is 3.83. The molecule has 2 aliphatic heterocycles. The maximum atomic E-state index is 5.89. The molecule has 1 fully saturated rings. The summed E-state index contributed by atoms with van der Waals surface area (Å²) >= 11 is 3.70. The SMILES string of the molecule is Brc1cn2c3c(cc(C4CNCCO4)cc13)CCC2. The van der Waals surface area contributed by atoms with Gasteiger partial charge in [-0.15, -0.1) is 0 Å². The quantitative estimate of drug-likeness (QED) is 0.874. The number of aryl methyl sites for hydroxylation is 2. The Hall–Kier alpha value is -0.840. The van der Waals surface area contributed by atoms with Gasteiger partial charge in [-0.05, 0) is 46.0 Å². The van der Waals surface area contributed by atoms with Crippen LogP contribution in [0.5, 0.6) is 0 Å². The lowest BCUT2D eigenvalue weighted by Gasteiger charge is -2.25. The van der Waals surface area contributed by atoms with Gasteiger partial charge >= 0.3 is 0 Å². The molecular formula is C15H17BrN2O. The molecule has 1 aromatic heterocycles. The second-order valence-corrected chi connectivity index (χ2v) is 6.27. The van der Waals surface area contributed by atoms with Gasteiger partial charge in [0, 0.05) is 35.7 Å². The molecule has 2 aliphatic rings. The zero-order chi connectivity index (χ0) is 12.8. The maximum Gasteiger partial charge on any atom is 0.0950 e. The zero-order valence-corrected chi connectivity index (χ0v) is 12.4. The predicted octanol–water partition coefficient (Wildman–Crippen LogP) is 3.01. The smallest absolute Gasteiger partial charge is 0.0950 e. The molecule has 4 rings (SSSR count). The van der Waals surface area contributed by atoms with Crippen molar-refractivity contribution in [3.05, 3.63) is 33.9 Å². The van der Waals surface area contributed by atoms with Crippen LogP contribution in [0.3, 0.4) is 0 Å².